The first-order chi connectivity index (χ1) is 14.0. The fraction of sp³-hybridized carbons (Fsp3) is 0.261. The second-order valence-corrected chi connectivity index (χ2v) is 7.35. The van der Waals surface area contributed by atoms with Crippen LogP contribution in [0.3, 0.4) is 0 Å². The van der Waals surface area contributed by atoms with Crippen LogP contribution in [0.5, 0.6) is 0 Å². The lowest BCUT2D eigenvalue weighted by molar-refractivity contribution is -0.119. The van der Waals surface area contributed by atoms with Crippen LogP contribution in [-0.4, -0.2) is 34.3 Å². The number of nitrogens with one attached hydrogen (secondary N) is 1. The number of carbonyl (C=O) groups is 2. The summed E-state index contributed by atoms with van der Waals surface area (Å²) in [5.41, 5.74) is 4.29. The van der Waals surface area contributed by atoms with Crippen LogP contribution in [0.2, 0.25) is 0 Å². The number of oxazole rings is 1. The summed E-state index contributed by atoms with van der Waals surface area (Å²) in [6.45, 7) is 4.28. The van der Waals surface area contributed by atoms with Gasteiger partial charge in [-0.1, -0.05) is 42.0 Å². The van der Waals surface area contributed by atoms with Gasteiger partial charge in [-0.25, -0.2) is 4.98 Å². The molecule has 29 heavy (non-hydrogen) atoms. The Labute approximate surface area is 169 Å². The van der Waals surface area contributed by atoms with Gasteiger partial charge in [0.05, 0.1) is 0 Å². The van der Waals surface area contributed by atoms with E-state index in [4.69, 9.17) is 4.42 Å². The Balaban J connectivity index is 1.51. The average molecular weight is 389 g/mol. The van der Waals surface area contributed by atoms with Crippen molar-refractivity contribution >= 4 is 17.5 Å². The van der Waals surface area contributed by atoms with Crippen LogP contribution in [0.25, 0.3) is 11.1 Å². The number of likely N-dealkylation sites (tertiary alicyclic amines) is 1. The number of aromatic nitrogens is 1. The van der Waals surface area contributed by atoms with Crippen molar-refractivity contribution < 1.29 is 14.0 Å². The van der Waals surface area contributed by atoms with Gasteiger partial charge >= 0.3 is 0 Å². The Morgan fingerprint density at radius 3 is 2.59 bits per heavy atom. The maximum atomic E-state index is 12.9. The maximum absolute atomic E-state index is 12.9. The van der Waals surface area contributed by atoms with Gasteiger partial charge < -0.3 is 14.6 Å². The minimum absolute atomic E-state index is 0.182. The quantitative estimate of drug-likeness (QED) is 0.726. The van der Waals surface area contributed by atoms with Gasteiger partial charge in [-0.05, 0) is 49.9 Å². The predicted molar refractivity (Wildman–Crippen MR) is 111 cm³/mol. The van der Waals surface area contributed by atoms with Crippen molar-refractivity contribution in [2.75, 3.05) is 11.9 Å². The summed E-state index contributed by atoms with van der Waals surface area (Å²) in [6.07, 6.45) is 2.67. The van der Waals surface area contributed by atoms with Crippen LogP contribution in [0.1, 0.15) is 34.7 Å². The van der Waals surface area contributed by atoms with Gasteiger partial charge in [-0.2, -0.15) is 0 Å². The third-order valence-corrected chi connectivity index (χ3v) is 5.25. The number of carbonyl (C=O) groups excluding carboxylic acids is 2. The summed E-state index contributed by atoms with van der Waals surface area (Å²) in [4.78, 5) is 31.3. The van der Waals surface area contributed by atoms with Crippen molar-refractivity contribution in [3.05, 3.63) is 71.9 Å². The van der Waals surface area contributed by atoms with Crippen molar-refractivity contribution in [1.29, 1.82) is 0 Å². The second kappa shape index (κ2) is 7.91. The molecule has 1 aliphatic heterocycles. The predicted octanol–water partition coefficient (Wildman–Crippen LogP) is 4.20. The molecule has 2 heterocycles. The molecule has 0 unspecified atom stereocenters. The van der Waals surface area contributed by atoms with Crippen LogP contribution in [-0.2, 0) is 4.79 Å². The van der Waals surface area contributed by atoms with E-state index < -0.39 is 6.04 Å². The van der Waals surface area contributed by atoms with E-state index in [1.54, 1.807) is 11.8 Å². The first-order valence-electron chi connectivity index (χ1n) is 9.72. The molecule has 2 aromatic carbocycles. The fourth-order valence-electron chi connectivity index (χ4n) is 3.76. The zero-order valence-electron chi connectivity index (χ0n) is 16.5. The number of nitrogens with zero attached hydrogens (tertiary/aromatic N) is 2. The molecule has 0 radical (unpaired) electrons. The second-order valence-electron chi connectivity index (χ2n) is 7.35. The van der Waals surface area contributed by atoms with Crippen LogP contribution in [0.15, 0.2) is 59.3 Å². The molecule has 4 rings (SSSR count). The summed E-state index contributed by atoms with van der Waals surface area (Å²) in [5, 5.41) is 2.98. The molecule has 0 bridgehead atoms. The minimum Gasteiger partial charge on any atom is -0.448 e. The number of anilines is 1. The van der Waals surface area contributed by atoms with Gasteiger partial charge in [0.15, 0.2) is 12.1 Å². The Morgan fingerprint density at radius 1 is 1.10 bits per heavy atom. The van der Waals surface area contributed by atoms with Crippen LogP contribution < -0.4 is 5.32 Å². The number of hydrogen-bond acceptors (Lipinski definition) is 4. The summed E-state index contributed by atoms with van der Waals surface area (Å²) < 4.78 is 5.14. The number of rotatable bonds is 4. The highest BCUT2D eigenvalue weighted by Crippen LogP contribution is 2.26. The zero-order chi connectivity index (χ0) is 20.4. The Bertz CT molecular complexity index is 1060. The molecule has 0 saturated carbocycles. The van der Waals surface area contributed by atoms with Gasteiger partial charge in [-0.3, -0.25) is 9.59 Å². The lowest BCUT2D eigenvalue weighted by Crippen LogP contribution is -2.43. The summed E-state index contributed by atoms with van der Waals surface area (Å²) in [6, 6.07) is 15.5. The Morgan fingerprint density at radius 2 is 1.86 bits per heavy atom. The van der Waals surface area contributed by atoms with Crippen LogP contribution >= 0.6 is 0 Å². The third-order valence-electron chi connectivity index (χ3n) is 5.25. The molecular formula is C23H23N3O3. The van der Waals surface area contributed by atoms with Gasteiger partial charge in [0, 0.05) is 12.2 Å². The molecule has 6 heteroatoms. The molecule has 1 aliphatic rings. The molecule has 0 spiro atoms. The van der Waals surface area contributed by atoms with E-state index >= 15 is 0 Å². The van der Waals surface area contributed by atoms with Gasteiger partial charge in [0.2, 0.25) is 5.91 Å². The molecule has 1 N–H and O–H groups in total. The third kappa shape index (κ3) is 3.92. The molecule has 1 aromatic heterocycles. The lowest BCUT2D eigenvalue weighted by Gasteiger charge is -2.23. The zero-order valence-corrected chi connectivity index (χ0v) is 16.5. The van der Waals surface area contributed by atoms with Gasteiger partial charge in [0.1, 0.15) is 11.8 Å². The van der Waals surface area contributed by atoms with Crippen molar-refractivity contribution in [1.82, 2.24) is 9.88 Å². The molecule has 1 saturated heterocycles. The lowest BCUT2D eigenvalue weighted by atomic mass is 10.0. The van der Waals surface area contributed by atoms with E-state index in [0.717, 1.165) is 17.5 Å². The van der Waals surface area contributed by atoms with Crippen molar-refractivity contribution in [3.63, 3.8) is 0 Å². The normalized spacial score (nSPS) is 16.1. The molecule has 3 aromatic rings. The average Bonchev–Trinajstić information content (AvgIpc) is 3.37. The molecular weight excluding hydrogens is 366 g/mol. The SMILES string of the molecule is Cc1cccc(-c2cccc(NC(=O)[C@@H]3CCCN3C(=O)c3ncoc3C)c2)c1. The largest absolute Gasteiger partial charge is 0.448 e. The first kappa shape index (κ1) is 18.9. The van der Waals surface area contributed by atoms with E-state index in [1.807, 2.05) is 36.4 Å². The van der Waals surface area contributed by atoms with Crippen molar-refractivity contribution in [3.8, 4) is 11.1 Å². The van der Waals surface area contributed by atoms with E-state index in [-0.39, 0.29) is 17.5 Å². The van der Waals surface area contributed by atoms with E-state index in [9.17, 15) is 9.59 Å². The van der Waals surface area contributed by atoms with E-state index in [0.29, 0.717) is 24.4 Å². The fourth-order valence-corrected chi connectivity index (χ4v) is 3.76. The minimum atomic E-state index is -0.513. The summed E-state index contributed by atoms with van der Waals surface area (Å²) >= 11 is 0. The molecule has 2 amide bonds. The van der Waals surface area contributed by atoms with Crippen molar-refractivity contribution in [2.24, 2.45) is 0 Å². The number of hydrogen-bond donors (Lipinski definition) is 1. The Kier molecular flexibility index (Phi) is 5.16. The Hall–Kier alpha value is -3.41. The maximum Gasteiger partial charge on any atom is 0.276 e. The van der Waals surface area contributed by atoms with Gasteiger partial charge in [0.25, 0.3) is 5.91 Å². The van der Waals surface area contributed by atoms with Crippen LogP contribution in [0.4, 0.5) is 5.69 Å². The molecule has 6 nitrogen and oxygen atoms in total. The highest BCUT2D eigenvalue weighted by Gasteiger charge is 2.36. The summed E-state index contributed by atoms with van der Waals surface area (Å²) in [7, 11) is 0. The monoisotopic (exact) mass is 389 g/mol. The smallest absolute Gasteiger partial charge is 0.276 e. The summed E-state index contributed by atoms with van der Waals surface area (Å²) in [5.74, 6) is 0.0210. The van der Waals surface area contributed by atoms with Crippen molar-refractivity contribution in [2.45, 2.75) is 32.7 Å². The molecule has 148 valence electrons. The highest BCUT2D eigenvalue weighted by atomic mass is 16.3. The van der Waals surface area contributed by atoms with E-state index in [2.05, 4.69) is 29.4 Å². The first-order valence-corrected chi connectivity index (χ1v) is 9.72. The molecule has 0 aliphatic carbocycles. The van der Waals surface area contributed by atoms with Crippen LogP contribution in [0, 0.1) is 13.8 Å². The number of benzene rings is 2. The van der Waals surface area contributed by atoms with Gasteiger partial charge in [-0.15, -0.1) is 0 Å². The number of amides is 2. The topological polar surface area (TPSA) is 75.4 Å². The molecule has 1 fully saturated rings. The van der Waals surface area contributed by atoms with E-state index in [1.165, 1.54) is 12.0 Å². The standard InChI is InChI=1S/C23H23N3O3/c1-15-6-3-7-17(12-15)18-8-4-9-19(13-18)25-22(27)20-10-5-11-26(20)23(28)21-16(2)29-14-24-21/h3-4,6-9,12-14,20H,5,10-11H2,1-2H3,(H,25,27)/t20-/m0/s1. The molecule has 1 atom stereocenters. The highest BCUT2D eigenvalue weighted by molar-refractivity contribution is 6.01. The number of aryl methyl sites for hydroxylation is 2.